The summed E-state index contributed by atoms with van der Waals surface area (Å²) in [5.74, 6) is -0.778. The highest BCUT2D eigenvalue weighted by Crippen LogP contribution is 2.24. The first-order chi connectivity index (χ1) is 9.94. The zero-order valence-corrected chi connectivity index (χ0v) is 13.5. The van der Waals surface area contributed by atoms with Gasteiger partial charge in [-0.1, -0.05) is 21.1 Å². The number of sulfonamides is 1. The smallest absolute Gasteiger partial charge is 0.243 e. The summed E-state index contributed by atoms with van der Waals surface area (Å²) in [7, 11) is -2.34. The molecule has 0 unspecified atom stereocenters. The summed E-state index contributed by atoms with van der Waals surface area (Å²) in [6, 6.07) is 4.27. The van der Waals surface area contributed by atoms with Crippen LogP contribution in [0.5, 0.6) is 0 Å². The van der Waals surface area contributed by atoms with Gasteiger partial charge in [-0.15, -0.1) is 0 Å². The Morgan fingerprint density at radius 1 is 1.38 bits per heavy atom. The van der Waals surface area contributed by atoms with Crippen LogP contribution >= 0.6 is 15.9 Å². The number of hydrogen-bond donors (Lipinski definition) is 2. The molecule has 0 amide bonds. The number of rotatable bonds is 6. The third-order valence-corrected chi connectivity index (χ3v) is 4.53. The van der Waals surface area contributed by atoms with Crippen LogP contribution in [0.4, 0.5) is 4.39 Å². The van der Waals surface area contributed by atoms with E-state index in [2.05, 4.69) is 35.6 Å². The molecule has 0 saturated carbocycles. The van der Waals surface area contributed by atoms with Gasteiger partial charge in [0.2, 0.25) is 10.0 Å². The zero-order valence-electron chi connectivity index (χ0n) is 11.1. The fourth-order valence-corrected chi connectivity index (χ4v) is 3.51. The maximum atomic E-state index is 14.3. The summed E-state index contributed by atoms with van der Waals surface area (Å²) in [5.41, 5.74) is 0.665. The highest BCUT2D eigenvalue weighted by Gasteiger charge is 2.22. The highest BCUT2D eigenvalue weighted by molar-refractivity contribution is 9.10. The van der Waals surface area contributed by atoms with E-state index in [0.717, 1.165) is 0 Å². The van der Waals surface area contributed by atoms with E-state index in [1.54, 1.807) is 7.05 Å². The summed E-state index contributed by atoms with van der Waals surface area (Å²) >= 11 is 3.19. The minimum absolute atomic E-state index is 0.0772. The lowest BCUT2D eigenvalue weighted by atomic mass is 10.2. The summed E-state index contributed by atoms with van der Waals surface area (Å²) < 4.78 is 46.1. The third kappa shape index (κ3) is 3.88. The van der Waals surface area contributed by atoms with Crippen molar-refractivity contribution in [2.24, 2.45) is 0 Å². The second-order valence-electron chi connectivity index (χ2n) is 4.22. The molecule has 6 nitrogen and oxygen atoms in total. The molecule has 0 aliphatic heterocycles. The SMILES string of the molecule is CNCc1cc(Br)cc(S(=O)(=O)NCc2ccon2)c1F. The van der Waals surface area contributed by atoms with Gasteiger partial charge in [0.15, 0.2) is 0 Å². The predicted octanol–water partition coefficient (Wildman–Crippen LogP) is 1.77. The molecule has 2 rings (SSSR count). The molecule has 0 atom stereocenters. The molecule has 2 aromatic rings. The van der Waals surface area contributed by atoms with Crippen LogP contribution in [0.25, 0.3) is 0 Å². The molecule has 0 spiro atoms. The Balaban J connectivity index is 2.30. The molecule has 1 aromatic heterocycles. The highest BCUT2D eigenvalue weighted by atomic mass is 79.9. The van der Waals surface area contributed by atoms with Gasteiger partial charge < -0.3 is 9.84 Å². The van der Waals surface area contributed by atoms with Crippen molar-refractivity contribution in [2.45, 2.75) is 18.0 Å². The van der Waals surface area contributed by atoms with Gasteiger partial charge in [0.05, 0.1) is 12.2 Å². The van der Waals surface area contributed by atoms with Crippen molar-refractivity contribution in [3.8, 4) is 0 Å². The van der Waals surface area contributed by atoms with Crippen LogP contribution in [0.1, 0.15) is 11.3 Å². The van der Waals surface area contributed by atoms with Gasteiger partial charge in [0.25, 0.3) is 0 Å². The minimum atomic E-state index is -3.99. The van der Waals surface area contributed by atoms with E-state index in [0.29, 0.717) is 10.2 Å². The molecule has 0 bridgehead atoms. The number of nitrogens with one attached hydrogen (secondary N) is 2. The second kappa shape index (κ2) is 6.65. The molecule has 1 aromatic carbocycles. The average molecular weight is 378 g/mol. The molecule has 0 aliphatic carbocycles. The molecule has 2 N–H and O–H groups in total. The van der Waals surface area contributed by atoms with Gasteiger partial charge in [0.1, 0.15) is 17.0 Å². The van der Waals surface area contributed by atoms with E-state index in [4.69, 9.17) is 0 Å². The summed E-state index contributed by atoms with van der Waals surface area (Å²) in [4.78, 5) is -0.411. The third-order valence-electron chi connectivity index (χ3n) is 2.67. The van der Waals surface area contributed by atoms with Crippen LogP contribution < -0.4 is 10.0 Å². The van der Waals surface area contributed by atoms with Crippen molar-refractivity contribution >= 4 is 26.0 Å². The molecule has 114 valence electrons. The lowest BCUT2D eigenvalue weighted by molar-refractivity contribution is 0.411. The van der Waals surface area contributed by atoms with Gasteiger partial charge in [-0.3, -0.25) is 0 Å². The zero-order chi connectivity index (χ0) is 15.5. The molecule has 21 heavy (non-hydrogen) atoms. The quantitative estimate of drug-likeness (QED) is 0.801. The lowest BCUT2D eigenvalue weighted by Crippen LogP contribution is -2.25. The van der Waals surface area contributed by atoms with Gasteiger partial charge in [0, 0.05) is 22.6 Å². The van der Waals surface area contributed by atoms with Crippen LogP contribution in [-0.4, -0.2) is 20.6 Å². The van der Waals surface area contributed by atoms with Crippen molar-refractivity contribution in [3.63, 3.8) is 0 Å². The standard InChI is InChI=1S/C12H13BrFN3O3S/c1-15-6-8-4-9(13)5-11(12(8)14)21(18,19)16-7-10-2-3-20-17-10/h2-5,15-16H,6-7H2,1H3. The Hall–Kier alpha value is -1.29. The van der Waals surface area contributed by atoms with Crippen LogP contribution in [0.3, 0.4) is 0 Å². The number of halogens is 2. The number of benzene rings is 1. The van der Waals surface area contributed by atoms with Crippen molar-refractivity contribution in [3.05, 3.63) is 46.0 Å². The van der Waals surface area contributed by atoms with Gasteiger partial charge >= 0.3 is 0 Å². The minimum Gasteiger partial charge on any atom is -0.364 e. The molecule has 0 fully saturated rings. The molecule has 0 aliphatic rings. The Bertz CT molecular complexity index is 720. The number of aromatic nitrogens is 1. The average Bonchev–Trinajstić information content (AvgIpc) is 2.94. The Morgan fingerprint density at radius 2 is 2.14 bits per heavy atom. The summed E-state index contributed by atoms with van der Waals surface area (Å²) in [6.45, 7) is 0.142. The van der Waals surface area contributed by atoms with Crippen LogP contribution in [0, 0.1) is 5.82 Å². The van der Waals surface area contributed by atoms with Crippen LogP contribution in [-0.2, 0) is 23.1 Å². The van der Waals surface area contributed by atoms with E-state index in [9.17, 15) is 12.8 Å². The Kier molecular flexibility index (Phi) is 5.09. The van der Waals surface area contributed by atoms with Crippen molar-refractivity contribution in [1.29, 1.82) is 0 Å². The van der Waals surface area contributed by atoms with Crippen molar-refractivity contribution in [2.75, 3.05) is 7.05 Å². The van der Waals surface area contributed by atoms with Gasteiger partial charge in [-0.05, 0) is 19.2 Å². The fourth-order valence-electron chi connectivity index (χ4n) is 1.71. The monoisotopic (exact) mass is 377 g/mol. The fraction of sp³-hybridized carbons (Fsp3) is 0.250. The lowest BCUT2D eigenvalue weighted by Gasteiger charge is -2.10. The van der Waals surface area contributed by atoms with Gasteiger partial charge in [-0.2, -0.15) is 0 Å². The summed E-state index contributed by atoms with van der Waals surface area (Å²) in [5, 5.41) is 6.37. The molecular weight excluding hydrogens is 365 g/mol. The van der Waals surface area contributed by atoms with E-state index >= 15 is 0 Å². The maximum absolute atomic E-state index is 14.3. The first-order valence-electron chi connectivity index (χ1n) is 5.95. The Labute approximate surface area is 129 Å². The van der Waals surface area contributed by atoms with E-state index in [-0.39, 0.29) is 18.7 Å². The molecule has 0 saturated heterocycles. The van der Waals surface area contributed by atoms with Crippen molar-refractivity contribution < 1.29 is 17.3 Å². The van der Waals surface area contributed by atoms with Crippen molar-refractivity contribution in [1.82, 2.24) is 15.2 Å². The largest absolute Gasteiger partial charge is 0.364 e. The van der Waals surface area contributed by atoms with E-state index in [1.165, 1.54) is 24.5 Å². The van der Waals surface area contributed by atoms with Gasteiger partial charge in [-0.25, -0.2) is 17.5 Å². The second-order valence-corrected chi connectivity index (χ2v) is 6.87. The number of nitrogens with zero attached hydrogens (tertiary/aromatic N) is 1. The Morgan fingerprint density at radius 3 is 2.76 bits per heavy atom. The predicted molar refractivity (Wildman–Crippen MR) is 77.4 cm³/mol. The normalized spacial score (nSPS) is 11.8. The van der Waals surface area contributed by atoms with Crippen LogP contribution in [0.15, 0.2) is 38.4 Å². The first-order valence-corrected chi connectivity index (χ1v) is 8.23. The van der Waals surface area contributed by atoms with Crippen LogP contribution in [0.2, 0.25) is 0 Å². The summed E-state index contributed by atoms with van der Waals surface area (Å²) in [6.07, 6.45) is 1.33. The molecular formula is C12H13BrFN3O3S. The first kappa shape index (κ1) is 16.1. The molecule has 9 heteroatoms. The number of hydrogen-bond acceptors (Lipinski definition) is 5. The molecule has 1 heterocycles. The molecule has 0 radical (unpaired) electrons. The maximum Gasteiger partial charge on any atom is 0.243 e. The topological polar surface area (TPSA) is 84.2 Å². The van der Waals surface area contributed by atoms with E-state index < -0.39 is 20.7 Å². The van der Waals surface area contributed by atoms with E-state index in [1.807, 2.05) is 0 Å².